The van der Waals surface area contributed by atoms with E-state index in [-0.39, 0.29) is 17.4 Å². The van der Waals surface area contributed by atoms with Crippen molar-refractivity contribution in [2.75, 3.05) is 5.75 Å². The first-order valence-electron chi connectivity index (χ1n) is 6.44. The van der Waals surface area contributed by atoms with Crippen LogP contribution >= 0.6 is 23.4 Å². The quantitative estimate of drug-likeness (QED) is 0.660. The summed E-state index contributed by atoms with van der Waals surface area (Å²) in [6.45, 7) is 1.84. The molecule has 1 heterocycles. The fraction of sp³-hybridized carbons (Fsp3) is 0.214. The Kier molecular flexibility index (Phi) is 5.46. The van der Waals surface area contributed by atoms with Crippen molar-refractivity contribution in [3.05, 3.63) is 46.7 Å². The molecule has 8 heteroatoms. The van der Waals surface area contributed by atoms with Gasteiger partial charge in [0.15, 0.2) is 5.69 Å². The van der Waals surface area contributed by atoms with Crippen molar-refractivity contribution < 1.29 is 9.59 Å². The number of aromatic nitrogens is 2. The predicted octanol–water partition coefficient (Wildman–Crippen LogP) is 1.94. The van der Waals surface area contributed by atoms with Crippen LogP contribution in [0.4, 0.5) is 0 Å². The third-order valence-corrected chi connectivity index (χ3v) is 4.11. The number of nitrogens with one attached hydrogen (secondary N) is 2. The number of amides is 2. The van der Waals surface area contributed by atoms with Crippen molar-refractivity contribution in [2.24, 2.45) is 7.05 Å². The smallest absolute Gasteiger partial charge is 0.272 e. The lowest BCUT2D eigenvalue weighted by atomic mass is 10.3. The second-order valence-electron chi connectivity index (χ2n) is 4.54. The van der Waals surface area contributed by atoms with Gasteiger partial charge in [-0.3, -0.25) is 25.1 Å². The maximum absolute atomic E-state index is 11.8. The third kappa shape index (κ3) is 4.51. The highest BCUT2D eigenvalue weighted by molar-refractivity contribution is 8.00. The minimum Gasteiger partial charge on any atom is -0.272 e. The van der Waals surface area contributed by atoms with Gasteiger partial charge >= 0.3 is 0 Å². The second kappa shape index (κ2) is 7.33. The van der Waals surface area contributed by atoms with Gasteiger partial charge in [-0.15, -0.1) is 11.8 Å². The summed E-state index contributed by atoms with van der Waals surface area (Å²) in [7, 11) is 1.74. The summed E-state index contributed by atoms with van der Waals surface area (Å²) >= 11 is 7.14. The van der Waals surface area contributed by atoms with E-state index in [0.29, 0.717) is 5.02 Å². The average molecular weight is 339 g/mol. The lowest BCUT2D eigenvalue weighted by molar-refractivity contribution is -0.119. The molecular weight excluding hydrogens is 324 g/mol. The van der Waals surface area contributed by atoms with Crippen LogP contribution in [0.3, 0.4) is 0 Å². The van der Waals surface area contributed by atoms with Crippen LogP contribution in [0.2, 0.25) is 5.02 Å². The lowest BCUT2D eigenvalue weighted by Crippen LogP contribution is -2.42. The van der Waals surface area contributed by atoms with E-state index >= 15 is 0 Å². The Bertz CT molecular complexity index is 665. The van der Waals surface area contributed by atoms with Crippen LogP contribution in [0.25, 0.3) is 0 Å². The Morgan fingerprint density at radius 1 is 1.27 bits per heavy atom. The topological polar surface area (TPSA) is 76.0 Å². The number of benzene rings is 1. The number of nitrogens with zero attached hydrogens (tertiary/aromatic N) is 2. The summed E-state index contributed by atoms with van der Waals surface area (Å²) in [4.78, 5) is 24.4. The number of hydrazine groups is 1. The van der Waals surface area contributed by atoms with Gasteiger partial charge in [0.1, 0.15) is 0 Å². The molecule has 0 aliphatic heterocycles. The van der Waals surface area contributed by atoms with E-state index in [4.69, 9.17) is 11.6 Å². The number of carbonyl (C=O) groups is 2. The Balaban J connectivity index is 1.77. The summed E-state index contributed by atoms with van der Waals surface area (Å²) in [6, 6.07) is 8.81. The molecule has 0 aliphatic rings. The van der Waals surface area contributed by atoms with Crippen LogP contribution in [0.1, 0.15) is 16.2 Å². The molecule has 0 saturated heterocycles. The van der Waals surface area contributed by atoms with Crippen LogP contribution < -0.4 is 10.9 Å². The number of halogens is 1. The largest absolute Gasteiger partial charge is 0.290 e. The van der Waals surface area contributed by atoms with E-state index in [1.807, 2.05) is 19.1 Å². The molecule has 2 amide bonds. The molecule has 22 heavy (non-hydrogen) atoms. The molecule has 2 rings (SSSR count). The number of aryl methyl sites for hydroxylation is 2. The molecule has 1 aromatic heterocycles. The summed E-state index contributed by atoms with van der Waals surface area (Å²) in [5, 5.41) is 4.67. The number of hydrogen-bond acceptors (Lipinski definition) is 4. The molecule has 0 unspecified atom stereocenters. The van der Waals surface area contributed by atoms with Crippen LogP contribution in [-0.2, 0) is 11.8 Å². The highest BCUT2D eigenvalue weighted by atomic mass is 35.5. The average Bonchev–Trinajstić information content (AvgIpc) is 2.84. The van der Waals surface area contributed by atoms with E-state index in [2.05, 4.69) is 16.0 Å². The van der Waals surface area contributed by atoms with Gasteiger partial charge in [0.05, 0.1) is 5.75 Å². The molecule has 116 valence electrons. The molecule has 0 spiro atoms. The van der Waals surface area contributed by atoms with Gasteiger partial charge in [0, 0.05) is 22.7 Å². The third-order valence-electron chi connectivity index (χ3n) is 2.85. The summed E-state index contributed by atoms with van der Waals surface area (Å²) in [5.41, 5.74) is 5.80. The SMILES string of the molecule is Cc1cc(C(=O)NNC(=O)CSc2ccc(Cl)cc2)nn1C. The van der Waals surface area contributed by atoms with Crippen molar-refractivity contribution in [1.82, 2.24) is 20.6 Å². The van der Waals surface area contributed by atoms with Gasteiger partial charge in [0.2, 0.25) is 5.91 Å². The molecule has 0 atom stereocenters. The standard InChI is InChI=1S/C14H15ClN4O2S/c1-9-7-12(18-19(9)2)14(21)17-16-13(20)8-22-11-5-3-10(15)4-6-11/h3-7H,8H2,1-2H3,(H,16,20)(H,17,21). The number of thioether (sulfide) groups is 1. The van der Waals surface area contributed by atoms with Gasteiger partial charge in [-0.2, -0.15) is 5.10 Å². The first-order chi connectivity index (χ1) is 10.5. The van der Waals surface area contributed by atoms with Crippen molar-refractivity contribution >= 4 is 35.2 Å². The lowest BCUT2D eigenvalue weighted by Gasteiger charge is -2.06. The molecule has 0 bridgehead atoms. The van der Waals surface area contributed by atoms with Crippen LogP contribution in [0.5, 0.6) is 0 Å². The molecule has 0 saturated carbocycles. The molecule has 0 aliphatic carbocycles. The molecule has 1 aromatic carbocycles. The Morgan fingerprint density at radius 2 is 1.95 bits per heavy atom. The van der Waals surface area contributed by atoms with E-state index in [1.54, 1.807) is 29.9 Å². The van der Waals surface area contributed by atoms with E-state index in [0.717, 1.165) is 10.6 Å². The first kappa shape index (κ1) is 16.4. The summed E-state index contributed by atoms with van der Waals surface area (Å²) in [5.74, 6) is -0.571. The summed E-state index contributed by atoms with van der Waals surface area (Å²) < 4.78 is 1.59. The monoisotopic (exact) mass is 338 g/mol. The van der Waals surface area contributed by atoms with Gasteiger partial charge in [-0.1, -0.05) is 11.6 Å². The van der Waals surface area contributed by atoms with Crippen molar-refractivity contribution in [1.29, 1.82) is 0 Å². The molecule has 0 radical (unpaired) electrons. The van der Waals surface area contributed by atoms with E-state index in [1.165, 1.54) is 11.8 Å². The minimum atomic E-state index is -0.450. The van der Waals surface area contributed by atoms with Gasteiger partial charge in [-0.25, -0.2) is 0 Å². The van der Waals surface area contributed by atoms with E-state index < -0.39 is 5.91 Å². The highest BCUT2D eigenvalue weighted by Crippen LogP contribution is 2.19. The fourth-order valence-electron chi connectivity index (χ4n) is 1.58. The number of carbonyl (C=O) groups excluding carboxylic acids is 2. The van der Waals surface area contributed by atoms with Gasteiger partial charge in [0.25, 0.3) is 5.91 Å². The van der Waals surface area contributed by atoms with Crippen molar-refractivity contribution in [3.63, 3.8) is 0 Å². The Hall–Kier alpha value is -1.99. The molecule has 6 nitrogen and oxygen atoms in total. The molecule has 2 N–H and O–H groups in total. The number of hydrogen-bond donors (Lipinski definition) is 2. The van der Waals surface area contributed by atoms with Crippen LogP contribution in [0, 0.1) is 6.92 Å². The molecule has 0 fully saturated rings. The fourth-order valence-corrected chi connectivity index (χ4v) is 2.40. The highest BCUT2D eigenvalue weighted by Gasteiger charge is 2.11. The maximum Gasteiger partial charge on any atom is 0.290 e. The van der Waals surface area contributed by atoms with Crippen molar-refractivity contribution in [3.8, 4) is 0 Å². The second-order valence-corrected chi connectivity index (χ2v) is 6.02. The zero-order valence-corrected chi connectivity index (χ0v) is 13.7. The van der Waals surface area contributed by atoms with E-state index in [9.17, 15) is 9.59 Å². The normalized spacial score (nSPS) is 10.3. The minimum absolute atomic E-state index is 0.184. The summed E-state index contributed by atoms with van der Waals surface area (Å²) in [6.07, 6.45) is 0. The predicted molar refractivity (Wildman–Crippen MR) is 85.7 cm³/mol. The Morgan fingerprint density at radius 3 is 2.55 bits per heavy atom. The zero-order chi connectivity index (χ0) is 16.1. The van der Waals surface area contributed by atoms with Crippen molar-refractivity contribution in [2.45, 2.75) is 11.8 Å². The zero-order valence-electron chi connectivity index (χ0n) is 12.1. The first-order valence-corrected chi connectivity index (χ1v) is 7.80. The van der Waals surface area contributed by atoms with Gasteiger partial charge in [-0.05, 0) is 37.3 Å². The van der Waals surface area contributed by atoms with Crippen LogP contribution in [0.15, 0.2) is 35.2 Å². The molecule has 2 aromatic rings. The Labute approximate surface area is 137 Å². The van der Waals surface area contributed by atoms with Crippen LogP contribution in [-0.4, -0.2) is 27.3 Å². The number of rotatable bonds is 4. The maximum atomic E-state index is 11.8. The van der Waals surface area contributed by atoms with Gasteiger partial charge < -0.3 is 0 Å². The molecular formula is C14H15ClN4O2S.